The second kappa shape index (κ2) is 16.7. The van der Waals surface area contributed by atoms with Gasteiger partial charge in [-0.3, -0.25) is 14.4 Å². The predicted molar refractivity (Wildman–Crippen MR) is 178 cm³/mol. The fourth-order valence-corrected chi connectivity index (χ4v) is 6.33. The number of anilines is 3. The lowest BCUT2D eigenvalue weighted by Crippen LogP contribution is -2.34. The molecular weight excluding hydrogens is 695 g/mol. The zero-order valence-corrected chi connectivity index (χ0v) is 28.1. The molecule has 1 aliphatic rings. The number of hydrogen-bond acceptors (Lipinski definition) is 6. The molecule has 4 aromatic rings. The molecule has 0 saturated carbocycles. The molecule has 1 unspecified atom stereocenters. The van der Waals surface area contributed by atoms with Gasteiger partial charge in [-0.05, 0) is 67.3 Å². The summed E-state index contributed by atoms with van der Waals surface area (Å²) in [4.78, 5) is 37.3. The van der Waals surface area contributed by atoms with Gasteiger partial charge in [-0.25, -0.2) is 4.39 Å². The molecule has 1 fully saturated rings. The third-order valence-corrected chi connectivity index (χ3v) is 8.59. The molecule has 2 heterocycles. The van der Waals surface area contributed by atoms with Crippen molar-refractivity contribution in [3.63, 3.8) is 0 Å². The zero-order chi connectivity index (χ0) is 37.4. The van der Waals surface area contributed by atoms with Gasteiger partial charge in [-0.2, -0.15) is 26.3 Å². The average molecular weight is 730 g/mol. The van der Waals surface area contributed by atoms with Gasteiger partial charge < -0.3 is 25.4 Å². The number of ether oxygens (including phenoxy) is 1. The van der Waals surface area contributed by atoms with Crippen molar-refractivity contribution in [3.8, 4) is 5.75 Å². The van der Waals surface area contributed by atoms with Gasteiger partial charge >= 0.3 is 12.4 Å². The van der Waals surface area contributed by atoms with Crippen LogP contribution in [0.25, 0.3) is 10.1 Å². The van der Waals surface area contributed by atoms with Gasteiger partial charge in [0.15, 0.2) is 0 Å². The van der Waals surface area contributed by atoms with Crippen molar-refractivity contribution in [2.24, 2.45) is 5.92 Å². The van der Waals surface area contributed by atoms with Crippen molar-refractivity contribution >= 4 is 56.8 Å². The van der Waals surface area contributed by atoms with Crippen LogP contribution in [0.4, 0.5) is 47.8 Å². The Morgan fingerprint density at radius 1 is 0.960 bits per heavy atom. The summed E-state index contributed by atoms with van der Waals surface area (Å²) < 4.78 is 99.4. The highest BCUT2D eigenvalue weighted by Gasteiger charge is 2.35. The Hall–Kier alpha value is -4.86. The number of nitrogens with zero attached hydrogens (tertiary/aromatic N) is 1. The summed E-state index contributed by atoms with van der Waals surface area (Å²) in [5.74, 6) is -2.66. The highest BCUT2D eigenvalue weighted by molar-refractivity contribution is 7.21. The Morgan fingerprint density at radius 2 is 1.64 bits per heavy atom. The summed E-state index contributed by atoms with van der Waals surface area (Å²) in [5.41, 5.74) is -2.32. The standard InChI is InChI=1S/C31H26F7N3O3S.C2H6.CH2O2/c1-16-4-3-11-41(15-16)19-7-10-24(44-2)21(14-19)28(42)40-26-20-8-5-17(30(33,34)35)12-25(20)45-27(26)29(43)39-18-6-9-23(32)22(13-18)31(36,37)38;1-2;2-1-3/h5-10,12-14,16H,3-4,11,15H2,1-2H3,(H,39,43)(H,40,42);1-2H3;1H,(H,2,3). The monoisotopic (exact) mass is 729 g/mol. The van der Waals surface area contributed by atoms with Crippen LogP contribution in [-0.2, 0) is 17.1 Å². The fourth-order valence-electron chi connectivity index (χ4n) is 5.24. The number of fused-ring (bicyclic) bond motifs is 1. The van der Waals surface area contributed by atoms with E-state index in [0.717, 1.165) is 55.9 Å². The zero-order valence-electron chi connectivity index (χ0n) is 27.3. The van der Waals surface area contributed by atoms with Gasteiger partial charge in [0.25, 0.3) is 18.3 Å². The van der Waals surface area contributed by atoms with Crippen molar-refractivity contribution in [3.05, 3.63) is 82.0 Å². The van der Waals surface area contributed by atoms with Crippen LogP contribution in [0.1, 0.15) is 64.8 Å². The number of halogens is 7. The first kappa shape index (κ1) is 39.6. The van der Waals surface area contributed by atoms with Crippen LogP contribution in [-0.4, -0.2) is 43.6 Å². The number of carboxylic acid groups (broad SMARTS) is 1. The van der Waals surface area contributed by atoms with Crippen molar-refractivity contribution in [1.29, 1.82) is 0 Å². The Morgan fingerprint density at radius 3 is 2.24 bits per heavy atom. The van der Waals surface area contributed by atoms with E-state index in [-0.39, 0.29) is 38.4 Å². The van der Waals surface area contributed by atoms with Gasteiger partial charge in [0, 0.05) is 34.6 Å². The maximum atomic E-state index is 13.8. The number of benzene rings is 3. The largest absolute Gasteiger partial charge is 0.496 e. The number of amides is 2. The van der Waals surface area contributed by atoms with Crippen molar-refractivity contribution in [2.75, 3.05) is 35.7 Å². The predicted octanol–water partition coefficient (Wildman–Crippen LogP) is 9.55. The molecule has 0 spiro atoms. The minimum absolute atomic E-state index is 0.0108. The van der Waals surface area contributed by atoms with Gasteiger partial charge in [0.05, 0.1) is 29.5 Å². The lowest BCUT2D eigenvalue weighted by atomic mass is 9.99. The van der Waals surface area contributed by atoms with Crippen LogP contribution < -0.4 is 20.3 Å². The highest BCUT2D eigenvalue weighted by atomic mass is 32.1. The van der Waals surface area contributed by atoms with Crippen molar-refractivity contribution in [1.82, 2.24) is 0 Å². The topological polar surface area (TPSA) is 108 Å². The van der Waals surface area contributed by atoms with Crippen LogP contribution in [0.15, 0.2) is 54.6 Å². The first-order valence-electron chi connectivity index (χ1n) is 15.2. The molecule has 3 aromatic carbocycles. The van der Waals surface area contributed by atoms with E-state index in [2.05, 4.69) is 22.5 Å². The van der Waals surface area contributed by atoms with Crippen molar-refractivity contribution in [2.45, 2.75) is 46.0 Å². The van der Waals surface area contributed by atoms with E-state index in [1.165, 1.54) is 7.11 Å². The second-order valence-corrected chi connectivity index (χ2v) is 11.9. The number of rotatable bonds is 6. The Labute approximate surface area is 286 Å². The van der Waals surface area contributed by atoms with Crippen LogP contribution in [0.5, 0.6) is 5.75 Å². The van der Waals surface area contributed by atoms with Crippen LogP contribution in [0, 0.1) is 11.7 Å². The van der Waals surface area contributed by atoms with E-state index in [1.807, 2.05) is 19.9 Å². The van der Waals surface area contributed by atoms with Gasteiger partial charge in [0.1, 0.15) is 16.4 Å². The number of carbonyl (C=O) groups is 3. The van der Waals surface area contributed by atoms with Gasteiger partial charge in [-0.15, -0.1) is 11.3 Å². The van der Waals surface area contributed by atoms with E-state index in [9.17, 15) is 40.3 Å². The molecule has 270 valence electrons. The number of piperidine rings is 1. The molecule has 1 saturated heterocycles. The summed E-state index contributed by atoms with van der Waals surface area (Å²) in [6, 6.07) is 9.60. The van der Waals surface area contributed by atoms with Crippen LogP contribution >= 0.6 is 11.3 Å². The highest BCUT2D eigenvalue weighted by Crippen LogP contribution is 2.41. The molecule has 0 radical (unpaired) electrons. The molecule has 0 bridgehead atoms. The molecule has 5 rings (SSSR count). The molecule has 1 aliphatic heterocycles. The van der Waals surface area contributed by atoms with E-state index >= 15 is 0 Å². The molecule has 50 heavy (non-hydrogen) atoms. The fraction of sp³-hybridized carbons (Fsp3) is 0.324. The summed E-state index contributed by atoms with van der Waals surface area (Å²) in [6.45, 7) is 7.42. The summed E-state index contributed by atoms with van der Waals surface area (Å²) >= 11 is 0.605. The quantitative estimate of drug-likeness (QED) is 0.135. The summed E-state index contributed by atoms with van der Waals surface area (Å²) in [5, 5.41) is 11.8. The molecule has 1 atom stereocenters. The van der Waals surface area contributed by atoms with Crippen LogP contribution in [0.2, 0.25) is 0 Å². The molecular formula is C34H34F7N3O5S. The molecule has 8 nitrogen and oxygen atoms in total. The Kier molecular flexibility index (Phi) is 13.2. The smallest absolute Gasteiger partial charge is 0.419 e. The normalized spacial score (nSPS) is 14.5. The number of hydrogen-bond donors (Lipinski definition) is 3. The number of alkyl halides is 6. The van der Waals surface area contributed by atoms with Crippen molar-refractivity contribution < 1.29 is 55.0 Å². The molecule has 3 N–H and O–H groups in total. The maximum Gasteiger partial charge on any atom is 0.419 e. The maximum absolute atomic E-state index is 13.8. The number of nitrogens with one attached hydrogen (secondary N) is 2. The molecule has 2 amide bonds. The first-order chi connectivity index (χ1) is 23.6. The van der Waals surface area contributed by atoms with E-state index in [4.69, 9.17) is 14.6 Å². The number of thiophene rings is 1. The number of carbonyl (C=O) groups excluding carboxylic acids is 2. The summed E-state index contributed by atoms with van der Waals surface area (Å²) in [6.07, 6.45) is -7.71. The number of methoxy groups -OCH3 is 1. The van der Waals surface area contributed by atoms with Crippen LogP contribution in [0.3, 0.4) is 0 Å². The van der Waals surface area contributed by atoms with Gasteiger partial charge in [0.2, 0.25) is 0 Å². The first-order valence-corrected chi connectivity index (χ1v) is 16.0. The lowest BCUT2D eigenvalue weighted by molar-refractivity contribution is -0.140. The van der Waals surface area contributed by atoms with E-state index in [0.29, 0.717) is 29.4 Å². The molecule has 0 aliphatic carbocycles. The summed E-state index contributed by atoms with van der Waals surface area (Å²) in [7, 11) is 1.37. The Balaban J connectivity index is 0.00000128. The SMILES string of the molecule is CC.COc1ccc(N2CCCC(C)C2)cc1C(=O)Nc1c(C(=O)Nc2ccc(F)c(C(F)(F)F)c2)sc2cc(C(F)(F)F)ccc12.O=CO. The minimum atomic E-state index is -5.05. The molecule has 1 aromatic heterocycles. The third kappa shape index (κ3) is 9.43. The van der Waals surface area contributed by atoms with Gasteiger partial charge in [-0.1, -0.05) is 26.8 Å². The lowest BCUT2D eigenvalue weighted by Gasteiger charge is -2.33. The van der Waals surface area contributed by atoms with E-state index < -0.39 is 46.8 Å². The second-order valence-electron chi connectivity index (χ2n) is 10.8. The molecule has 16 heteroatoms. The Bertz CT molecular complexity index is 1830. The average Bonchev–Trinajstić information content (AvgIpc) is 3.43. The van der Waals surface area contributed by atoms with E-state index in [1.54, 1.807) is 12.1 Å². The third-order valence-electron chi connectivity index (χ3n) is 7.44. The minimum Gasteiger partial charge on any atom is -0.496 e.